The molecule has 13 rings (SSSR count). The summed E-state index contributed by atoms with van der Waals surface area (Å²) >= 11 is 0. The van der Waals surface area contributed by atoms with E-state index < -0.39 is 0 Å². The molecule has 75 heavy (non-hydrogen) atoms. The van der Waals surface area contributed by atoms with Gasteiger partial charge in [-0.05, 0) is 106 Å². The molecule has 1 aromatic heterocycles. The van der Waals surface area contributed by atoms with Gasteiger partial charge in [0.2, 0.25) is 0 Å². The zero-order valence-electron chi connectivity index (χ0n) is 41.8. The summed E-state index contributed by atoms with van der Waals surface area (Å²) in [5, 5.41) is 0. The highest BCUT2D eigenvalue weighted by molar-refractivity contribution is 6.15. The molecule has 1 aliphatic carbocycles. The number of fused-ring (bicyclic) bond motifs is 3. The van der Waals surface area contributed by atoms with Crippen LogP contribution in [0.1, 0.15) is 25.0 Å². The van der Waals surface area contributed by atoms with Crippen molar-refractivity contribution in [3.8, 4) is 123 Å². The van der Waals surface area contributed by atoms with Gasteiger partial charge in [0.15, 0.2) is 17.5 Å². The first-order valence-electron chi connectivity index (χ1n) is 25.8. The predicted octanol–water partition coefficient (Wildman–Crippen LogP) is 18.8. The van der Waals surface area contributed by atoms with Crippen LogP contribution in [0.2, 0.25) is 0 Å². The SMILES string of the molecule is CC1(C)c2ccccc2-c2ccc(-c3c(-c4ccccc4)c(-c4ccccc4)c(-c4ccccc4)c(-c4ccccc4)c3-c3ccc(-c4nc(-c5ccccc5)nc(-c5ccc(-c6ccccc6)cc5)n4)cc3)cc21. The molecule has 0 amide bonds. The standard InChI is InChI=1S/C72H51N3/c1-72(2)61-36-22-21-35-59(61)60-46-45-58(47-62(60)72)68-66(53-31-17-7-18-32-53)64(51-27-13-5-14-28-51)63(50-25-11-4-12-26-50)65(52-29-15-6-16-30-52)67(68)54-39-43-57(44-40-54)71-74-69(55-33-19-8-20-34-55)73-70(75-71)56-41-37-49(38-42-56)48-23-9-3-10-24-48/h3-47H,1-2H3. The third-order valence-corrected chi connectivity index (χ3v) is 15.0. The van der Waals surface area contributed by atoms with E-state index in [1.165, 1.54) is 50.1 Å². The van der Waals surface area contributed by atoms with Crippen LogP contribution in [-0.2, 0) is 5.41 Å². The van der Waals surface area contributed by atoms with E-state index in [0.29, 0.717) is 17.5 Å². The lowest BCUT2D eigenvalue weighted by Crippen LogP contribution is -2.15. The predicted molar refractivity (Wildman–Crippen MR) is 312 cm³/mol. The summed E-state index contributed by atoms with van der Waals surface area (Å²) in [7, 11) is 0. The minimum Gasteiger partial charge on any atom is -0.208 e. The Labute approximate surface area is 439 Å². The van der Waals surface area contributed by atoms with Gasteiger partial charge >= 0.3 is 0 Å². The molecule has 0 bridgehead atoms. The van der Waals surface area contributed by atoms with Gasteiger partial charge in [-0.15, -0.1) is 0 Å². The monoisotopic (exact) mass is 957 g/mol. The average Bonchev–Trinajstić information content (AvgIpc) is 3.73. The van der Waals surface area contributed by atoms with E-state index in [4.69, 9.17) is 15.0 Å². The fourth-order valence-electron chi connectivity index (χ4n) is 11.3. The summed E-state index contributed by atoms with van der Waals surface area (Å²) in [6, 6.07) is 98.2. The topological polar surface area (TPSA) is 38.7 Å². The molecule has 354 valence electrons. The first-order chi connectivity index (χ1) is 37.0. The van der Waals surface area contributed by atoms with Gasteiger partial charge < -0.3 is 0 Å². The van der Waals surface area contributed by atoms with Gasteiger partial charge in [-0.3, -0.25) is 0 Å². The molecule has 0 saturated carbocycles. The average molecular weight is 958 g/mol. The Morgan fingerprint density at radius 1 is 0.213 bits per heavy atom. The maximum absolute atomic E-state index is 5.23. The molecule has 11 aromatic carbocycles. The molecule has 0 fully saturated rings. The Morgan fingerprint density at radius 3 is 0.880 bits per heavy atom. The van der Waals surface area contributed by atoms with Crippen LogP contribution < -0.4 is 0 Å². The van der Waals surface area contributed by atoms with E-state index in [2.05, 4.69) is 263 Å². The first-order valence-corrected chi connectivity index (χ1v) is 25.8. The van der Waals surface area contributed by atoms with Gasteiger partial charge in [0.1, 0.15) is 0 Å². The van der Waals surface area contributed by atoms with Crippen LogP contribution in [0.3, 0.4) is 0 Å². The second-order valence-corrected chi connectivity index (χ2v) is 19.8. The van der Waals surface area contributed by atoms with E-state index in [0.717, 1.165) is 66.8 Å². The number of benzene rings is 11. The van der Waals surface area contributed by atoms with E-state index in [1.807, 2.05) is 24.3 Å². The molecule has 0 radical (unpaired) electrons. The minimum absolute atomic E-state index is 0.211. The van der Waals surface area contributed by atoms with Crippen LogP contribution in [0.4, 0.5) is 0 Å². The third kappa shape index (κ3) is 8.25. The van der Waals surface area contributed by atoms with Crippen molar-refractivity contribution in [2.75, 3.05) is 0 Å². The molecule has 1 aliphatic rings. The number of aromatic nitrogens is 3. The maximum atomic E-state index is 5.23. The van der Waals surface area contributed by atoms with Crippen LogP contribution in [0.15, 0.2) is 273 Å². The van der Waals surface area contributed by atoms with Crippen molar-refractivity contribution in [2.45, 2.75) is 19.3 Å². The minimum atomic E-state index is -0.211. The molecule has 12 aromatic rings. The van der Waals surface area contributed by atoms with Gasteiger partial charge in [-0.25, -0.2) is 15.0 Å². The quantitative estimate of drug-likeness (QED) is 0.137. The molecule has 3 heteroatoms. The summed E-state index contributed by atoms with van der Waals surface area (Å²) in [4.78, 5) is 15.5. The van der Waals surface area contributed by atoms with E-state index >= 15 is 0 Å². The van der Waals surface area contributed by atoms with Gasteiger partial charge in [-0.2, -0.15) is 0 Å². The lowest BCUT2D eigenvalue weighted by molar-refractivity contribution is 0.660. The Morgan fingerprint density at radius 2 is 0.467 bits per heavy atom. The largest absolute Gasteiger partial charge is 0.208 e. The Balaban J connectivity index is 1.09. The smallest absolute Gasteiger partial charge is 0.164 e. The third-order valence-electron chi connectivity index (χ3n) is 15.0. The van der Waals surface area contributed by atoms with Crippen molar-refractivity contribution >= 4 is 0 Å². The van der Waals surface area contributed by atoms with Crippen molar-refractivity contribution in [1.82, 2.24) is 15.0 Å². The molecule has 0 aliphatic heterocycles. The van der Waals surface area contributed by atoms with E-state index in [1.54, 1.807) is 0 Å². The van der Waals surface area contributed by atoms with Crippen LogP contribution in [-0.4, -0.2) is 15.0 Å². The molecule has 0 spiro atoms. The molecule has 1 heterocycles. The van der Waals surface area contributed by atoms with E-state index in [-0.39, 0.29) is 5.41 Å². The Kier molecular flexibility index (Phi) is 11.6. The highest BCUT2D eigenvalue weighted by atomic mass is 15.0. The summed E-state index contributed by atoms with van der Waals surface area (Å²) in [5.74, 6) is 1.85. The number of hydrogen-bond donors (Lipinski definition) is 0. The second-order valence-electron chi connectivity index (χ2n) is 19.8. The van der Waals surface area contributed by atoms with Crippen molar-refractivity contribution in [2.24, 2.45) is 0 Å². The van der Waals surface area contributed by atoms with Gasteiger partial charge in [-0.1, -0.05) is 281 Å². The van der Waals surface area contributed by atoms with Crippen LogP contribution in [0.25, 0.3) is 123 Å². The van der Waals surface area contributed by atoms with Crippen molar-refractivity contribution in [1.29, 1.82) is 0 Å². The van der Waals surface area contributed by atoms with Crippen molar-refractivity contribution in [3.63, 3.8) is 0 Å². The fourth-order valence-corrected chi connectivity index (χ4v) is 11.3. The molecule has 0 N–H and O–H groups in total. The summed E-state index contributed by atoms with van der Waals surface area (Å²) in [5.41, 5.74) is 24.0. The Hall–Kier alpha value is -9.57. The normalized spacial score (nSPS) is 12.2. The lowest BCUT2D eigenvalue weighted by atomic mass is 9.73. The van der Waals surface area contributed by atoms with Crippen molar-refractivity contribution in [3.05, 3.63) is 284 Å². The highest BCUT2D eigenvalue weighted by Crippen LogP contribution is 2.57. The maximum Gasteiger partial charge on any atom is 0.164 e. The molecule has 0 atom stereocenters. The molecule has 0 unspecified atom stereocenters. The number of hydrogen-bond acceptors (Lipinski definition) is 3. The van der Waals surface area contributed by atoms with Crippen molar-refractivity contribution < 1.29 is 0 Å². The highest BCUT2D eigenvalue weighted by Gasteiger charge is 2.36. The summed E-state index contributed by atoms with van der Waals surface area (Å²) in [6.07, 6.45) is 0. The molecular weight excluding hydrogens is 907 g/mol. The van der Waals surface area contributed by atoms with Crippen LogP contribution in [0.5, 0.6) is 0 Å². The zero-order valence-corrected chi connectivity index (χ0v) is 41.8. The number of nitrogens with zero attached hydrogens (tertiary/aromatic N) is 3. The molecule has 0 saturated heterocycles. The molecule has 3 nitrogen and oxygen atoms in total. The second kappa shape index (κ2) is 19.1. The van der Waals surface area contributed by atoms with Crippen LogP contribution in [0, 0.1) is 0 Å². The molecular formula is C72H51N3. The fraction of sp³-hybridized carbons (Fsp3) is 0.0417. The lowest BCUT2D eigenvalue weighted by Gasteiger charge is -2.29. The summed E-state index contributed by atoms with van der Waals surface area (Å²) in [6.45, 7) is 4.75. The number of rotatable bonds is 10. The Bertz CT molecular complexity index is 4010. The van der Waals surface area contributed by atoms with E-state index in [9.17, 15) is 0 Å². The first kappa shape index (κ1) is 45.3. The van der Waals surface area contributed by atoms with Gasteiger partial charge in [0.25, 0.3) is 0 Å². The van der Waals surface area contributed by atoms with Crippen LogP contribution >= 0.6 is 0 Å². The summed E-state index contributed by atoms with van der Waals surface area (Å²) < 4.78 is 0. The van der Waals surface area contributed by atoms with Gasteiger partial charge in [0.05, 0.1) is 0 Å². The zero-order chi connectivity index (χ0) is 50.3. The van der Waals surface area contributed by atoms with Gasteiger partial charge in [0, 0.05) is 22.1 Å².